The van der Waals surface area contributed by atoms with E-state index in [1.165, 1.54) is 6.92 Å². The van der Waals surface area contributed by atoms with Crippen LogP contribution < -0.4 is 16.4 Å². The van der Waals surface area contributed by atoms with Crippen LogP contribution in [0.4, 0.5) is 0 Å². The molecule has 0 bridgehead atoms. The van der Waals surface area contributed by atoms with Crippen molar-refractivity contribution in [2.24, 2.45) is 5.73 Å². The Morgan fingerprint density at radius 2 is 1.84 bits per heavy atom. The summed E-state index contributed by atoms with van der Waals surface area (Å²) in [6.07, 6.45) is 0.393. The molecule has 0 atom stereocenters. The molecule has 4 N–H and O–H groups in total. The van der Waals surface area contributed by atoms with Crippen LogP contribution >= 0.6 is 12.2 Å². The first kappa shape index (κ1) is 15.1. The van der Waals surface area contributed by atoms with E-state index in [4.69, 9.17) is 18.0 Å². The van der Waals surface area contributed by atoms with Gasteiger partial charge in [-0.1, -0.05) is 30.4 Å². The molecular weight excluding hydrogens is 262 g/mol. The van der Waals surface area contributed by atoms with Gasteiger partial charge in [0.2, 0.25) is 5.91 Å². The minimum Gasteiger partial charge on any atom is -0.393 e. The number of rotatable bonds is 6. The summed E-state index contributed by atoms with van der Waals surface area (Å²) in [5.41, 5.74) is 6.85. The summed E-state index contributed by atoms with van der Waals surface area (Å²) >= 11 is 4.86. The van der Waals surface area contributed by atoms with Crippen LogP contribution in [0, 0.1) is 0 Å². The first-order valence-electron chi connectivity index (χ1n) is 5.89. The summed E-state index contributed by atoms with van der Waals surface area (Å²) in [6, 6.07) is 7.16. The molecule has 6 heteroatoms. The van der Waals surface area contributed by atoms with Gasteiger partial charge in [0.1, 0.15) is 0 Å². The first-order chi connectivity index (χ1) is 9.00. The van der Waals surface area contributed by atoms with Crippen LogP contribution in [0.5, 0.6) is 0 Å². The van der Waals surface area contributed by atoms with Crippen molar-refractivity contribution in [2.75, 3.05) is 13.1 Å². The third-order valence-corrected chi connectivity index (χ3v) is 2.56. The quantitative estimate of drug-likeness (QED) is 0.519. The van der Waals surface area contributed by atoms with Gasteiger partial charge in [-0.2, -0.15) is 0 Å². The largest absolute Gasteiger partial charge is 0.393 e. The molecule has 0 saturated heterocycles. The van der Waals surface area contributed by atoms with Crippen molar-refractivity contribution in [3.05, 3.63) is 35.4 Å². The third-order valence-electron chi connectivity index (χ3n) is 2.41. The van der Waals surface area contributed by atoms with E-state index in [0.717, 1.165) is 5.56 Å². The lowest BCUT2D eigenvalue weighted by atomic mass is 10.0. The maximum atomic E-state index is 12.0. The maximum Gasteiger partial charge on any atom is 0.251 e. The number of hydrogen-bond donors (Lipinski definition) is 3. The Morgan fingerprint density at radius 3 is 2.47 bits per heavy atom. The number of nitrogens with two attached hydrogens (primary N) is 1. The fourth-order valence-electron chi connectivity index (χ4n) is 1.59. The van der Waals surface area contributed by atoms with Crippen LogP contribution in [0.25, 0.3) is 0 Å². The summed E-state index contributed by atoms with van der Waals surface area (Å²) in [4.78, 5) is 23.0. The summed E-state index contributed by atoms with van der Waals surface area (Å²) in [5.74, 6) is -0.319. The lowest BCUT2D eigenvalue weighted by Gasteiger charge is -2.09. The molecule has 0 saturated carbocycles. The minimum absolute atomic E-state index is 0.122. The number of benzene rings is 1. The minimum atomic E-state index is -0.197. The van der Waals surface area contributed by atoms with Crippen LogP contribution in [0.2, 0.25) is 0 Å². The van der Waals surface area contributed by atoms with Gasteiger partial charge in [0.25, 0.3) is 5.91 Å². The van der Waals surface area contributed by atoms with Gasteiger partial charge in [0.15, 0.2) is 0 Å². The summed E-state index contributed by atoms with van der Waals surface area (Å²) in [7, 11) is 0. The predicted molar refractivity (Wildman–Crippen MR) is 77.9 cm³/mol. The van der Waals surface area contributed by atoms with Gasteiger partial charge >= 0.3 is 0 Å². The standard InChI is InChI=1S/C13H17N3O2S/c1-9(17)15-6-7-16-13(18)11-5-3-2-4-10(11)8-12(14)19/h2-5H,6-8H2,1H3,(H2,14,19)(H,15,17)(H,16,18). The molecule has 19 heavy (non-hydrogen) atoms. The SMILES string of the molecule is CC(=O)NCCNC(=O)c1ccccc1CC(N)=S. The Bertz CT molecular complexity index is 489. The highest BCUT2D eigenvalue weighted by Gasteiger charge is 2.10. The normalized spacial score (nSPS) is 9.74. The lowest BCUT2D eigenvalue weighted by Crippen LogP contribution is -2.34. The molecule has 1 aromatic carbocycles. The maximum absolute atomic E-state index is 12.0. The summed E-state index contributed by atoms with van der Waals surface area (Å²) in [5, 5.41) is 5.33. The van der Waals surface area contributed by atoms with E-state index >= 15 is 0 Å². The fourth-order valence-corrected chi connectivity index (χ4v) is 1.75. The number of hydrogen-bond acceptors (Lipinski definition) is 3. The Morgan fingerprint density at radius 1 is 1.21 bits per heavy atom. The molecule has 0 radical (unpaired) electrons. The molecule has 0 aliphatic carbocycles. The lowest BCUT2D eigenvalue weighted by molar-refractivity contribution is -0.118. The van der Waals surface area contributed by atoms with Crippen molar-refractivity contribution in [3.8, 4) is 0 Å². The van der Waals surface area contributed by atoms with Gasteiger partial charge in [-0.3, -0.25) is 9.59 Å². The fraction of sp³-hybridized carbons (Fsp3) is 0.308. The molecule has 0 unspecified atom stereocenters. The van der Waals surface area contributed by atoms with Crippen molar-refractivity contribution in [2.45, 2.75) is 13.3 Å². The molecule has 102 valence electrons. The highest BCUT2D eigenvalue weighted by atomic mass is 32.1. The molecule has 0 heterocycles. The van der Waals surface area contributed by atoms with Crippen molar-refractivity contribution < 1.29 is 9.59 Å². The van der Waals surface area contributed by atoms with E-state index in [2.05, 4.69) is 10.6 Å². The second-order valence-corrected chi connectivity index (χ2v) is 4.56. The van der Waals surface area contributed by atoms with Crippen LogP contribution in [0.1, 0.15) is 22.8 Å². The number of carbonyl (C=O) groups excluding carboxylic acids is 2. The van der Waals surface area contributed by atoms with Crippen LogP contribution in [-0.2, 0) is 11.2 Å². The molecule has 1 aromatic rings. The number of nitrogens with one attached hydrogen (secondary N) is 2. The van der Waals surface area contributed by atoms with E-state index in [9.17, 15) is 9.59 Å². The van der Waals surface area contributed by atoms with E-state index < -0.39 is 0 Å². The van der Waals surface area contributed by atoms with E-state index in [1.807, 2.05) is 12.1 Å². The predicted octanol–water partition coefficient (Wildman–Crippen LogP) is 0.381. The zero-order valence-corrected chi connectivity index (χ0v) is 11.5. The Labute approximate surface area is 117 Å². The highest BCUT2D eigenvalue weighted by Crippen LogP contribution is 2.09. The average Bonchev–Trinajstić information content (AvgIpc) is 2.34. The van der Waals surface area contributed by atoms with Gasteiger partial charge in [-0.05, 0) is 11.6 Å². The second kappa shape index (κ2) is 7.48. The van der Waals surface area contributed by atoms with Crippen molar-refractivity contribution in [1.29, 1.82) is 0 Å². The van der Waals surface area contributed by atoms with Crippen LogP contribution in [0.15, 0.2) is 24.3 Å². The van der Waals surface area contributed by atoms with Crippen LogP contribution in [0.3, 0.4) is 0 Å². The molecule has 0 aliphatic rings. The molecule has 0 aromatic heterocycles. The van der Waals surface area contributed by atoms with E-state index in [0.29, 0.717) is 30.1 Å². The zero-order chi connectivity index (χ0) is 14.3. The average molecular weight is 279 g/mol. The summed E-state index contributed by atoms with van der Waals surface area (Å²) < 4.78 is 0. The van der Waals surface area contributed by atoms with Gasteiger partial charge in [0, 0.05) is 32.0 Å². The van der Waals surface area contributed by atoms with Crippen molar-refractivity contribution in [3.63, 3.8) is 0 Å². The molecule has 0 fully saturated rings. The molecule has 2 amide bonds. The van der Waals surface area contributed by atoms with Crippen molar-refractivity contribution in [1.82, 2.24) is 10.6 Å². The highest BCUT2D eigenvalue weighted by molar-refractivity contribution is 7.80. The molecular formula is C13H17N3O2S. The monoisotopic (exact) mass is 279 g/mol. The number of amides is 2. The van der Waals surface area contributed by atoms with Gasteiger partial charge in [0.05, 0.1) is 4.99 Å². The molecule has 0 aliphatic heterocycles. The van der Waals surface area contributed by atoms with Crippen molar-refractivity contribution >= 4 is 29.0 Å². The first-order valence-corrected chi connectivity index (χ1v) is 6.30. The van der Waals surface area contributed by atoms with E-state index in [-0.39, 0.29) is 11.8 Å². The zero-order valence-electron chi connectivity index (χ0n) is 10.7. The van der Waals surface area contributed by atoms with Crippen LogP contribution in [-0.4, -0.2) is 29.9 Å². The Balaban J connectivity index is 2.61. The Kier molecular flexibility index (Phi) is 5.95. The number of carbonyl (C=O) groups is 2. The topological polar surface area (TPSA) is 84.2 Å². The third kappa shape index (κ3) is 5.48. The molecule has 1 rings (SSSR count). The molecule has 5 nitrogen and oxygen atoms in total. The van der Waals surface area contributed by atoms with Gasteiger partial charge in [-0.25, -0.2) is 0 Å². The Hall–Kier alpha value is -1.95. The van der Waals surface area contributed by atoms with Gasteiger partial charge in [-0.15, -0.1) is 0 Å². The second-order valence-electron chi connectivity index (χ2n) is 4.04. The summed E-state index contributed by atoms with van der Waals surface area (Å²) in [6.45, 7) is 2.21. The smallest absolute Gasteiger partial charge is 0.251 e. The van der Waals surface area contributed by atoms with E-state index in [1.54, 1.807) is 12.1 Å². The number of thiocarbonyl (C=S) groups is 1. The molecule has 0 spiro atoms. The van der Waals surface area contributed by atoms with Gasteiger partial charge < -0.3 is 16.4 Å².